The summed E-state index contributed by atoms with van der Waals surface area (Å²) in [6, 6.07) is 21.6. The fraction of sp³-hybridized carbons (Fsp3) is 0.176. The van der Waals surface area contributed by atoms with E-state index in [1.165, 1.54) is 15.8 Å². The minimum absolute atomic E-state index is 0.831. The van der Waals surface area contributed by atoms with Crippen LogP contribution in [0.15, 0.2) is 72.1 Å². The number of hydrogen-bond donors (Lipinski definition) is 0. The Morgan fingerprint density at radius 3 is 1.79 bits per heavy atom. The Hall–Kier alpha value is -1.80. The monoisotopic (exact) mass is 266 g/mol. The van der Waals surface area contributed by atoms with Gasteiger partial charge in [-0.15, -0.1) is 0 Å². The topological polar surface area (TPSA) is 9.23 Å². The molecule has 1 aliphatic rings. The number of rotatable bonds is 3. The van der Waals surface area contributed by atoms with E-state index in [9.17, 15) is 0 Å². The van der Waals surface area contributed by atoms with Crippen molar-refractivity contribution in [3.05, 3.63) is 72.1 Å². The minimum atomic E-state index is -1.93. The highest BCUT2D eigenvalue weighted by molar-refractivity contribution is 7.06. The van der Waals surface area contributed by atoms with Gasteiger partial charge in [-0.3, -0.25) is 0 Å². The molecule has 0 saturated carbocycles. The van der Waals surface area contributed by atoms with Gasteiger partial charge in [0, 0.05) is 6.42 Å². The van der Waals surface area contributed by atoms with E-state index in [1.54, 1.807) is 0 Å². The average molecular weight is 266 g/mol. The molecule has 0 spiro atoms. The molecule has 2 aromatic rings. The van der Waals surface area contributed by atoms with Crippen LogP contribution in [-0.2, 0) is 4.74 Å². The first kappa shape index (κ1) is 12.2. The van der Waals surface area contributed by atoms with E-state index in [2.05, 4.69) is 73.3 Å². The first-order valence-electron chi connectivity index (χ1n) is 6.76. The summed E-state index contributed by atoms with van der Waals surface area (Å²) < 4.78 is 5.95. The molecule has 2 aromatic carbocycles. The summed E-state index contributed by atoms with van der Waals surface area (Å²) in [6.07, 6.45) is 3.32. The molecule has 0 amide bonds. The van der Waals surface area contributed by atoms with Crippen molar-refractivity contribution in [1.29, 1.82) is 0 Å². The molecule has 3 rings (SSSR count). The van der Waals surface area contributed by atoms with E-state index >= 15 is 0 Å². The van der Waals surface area contributed by atoms with Crippen molar-refractivity contribution in [3.63, 3.8) is 0 Å². The Morgan fingerprint density at radius 2 is 1.37 bits per heavy atom. The van der Waals surface area contributed by atoms with Crippen LogP contribution in [0.1, 0.15) is 6.42 Å². The van der Waals surface area contributed by atoms with Gasteiger partial charge in [-0.05, 0) is 16.4 Å². The summed E-state index contributed by atoms with van der Waals surface area (Å²) in [5.74, 6) is 0. The summed E-state index contributed by atoms with van der Waals surface area (Å²) >= 11 is 0. The molecule has 19 heavy (non-hydrogen) atoms. The molecule has 96 valence electrons. The van der Waals surface area contributed by atoms with Crippen LogP contribution in [0.25, 0.3) is 0 Å². The van der Waals surface area contributed by atoms with Crippen molar-refractivity contribution in [1.82, 2.24) is 0 Å². The van der Waals surface area contributed by atoms with E-state index in [1.807, 2.05) is 0 Å². The highest BCUT2D eigenvalue weighted by Gasteiger charge is 2.38. The molecule has 0 saturated heterocycles. The first-order valence-corrected chi connectivity index (χ1v) is 9.26. The summed E-state index contributed by atoms with van der Waals surface area (Å²) in [5, 5.41) is 4.04. The lowest BCUT2D eigenvalue weighted by molar-refractivity contribution is 0.265. The van der Waals surface area contributed by atoms with Crippen LogP contribution in [0, 0.1) is 0 Å². The van der Waals surface area contributed by atoms with Crippen molar-refractivity contribution < 1.29 is 4.74 Å². The molecule has 0 bridgehead atoms. The van der Waals surface area contributed by atoms with Gasteiger partial charge in [0.2, 0.25) is 0 Å². The highest BCUT2D eigenvalue weighted by Crippen LogP contribution is 2.22. The van der Waals surface area contributed by atoms with E-state index in [4.69, 9.17) is 4.74 Å². The molecule has 0 aliphatic carbocycles. The van der Waals surface area contributed by atoms with E-state index < -0.39 is 8.07 Å². The summed E-state index contributed by atoms with van der Waals surface area (Å²) in [6.45, 7) is 3.21. The highest BCUT2D eigenvalue weighted by atomic mass is 28.3. The van der Waals surface area contributed by atoms with Crippen molar-refractivity contribution in [2.24, 2.45) is 0 Å². The molecule has 0 radical (unpaired) electrons. The number of hydrogen-bond acceptors (Lipinski definition) is 1. The average Bonchev–Trinajstić information content (AvgIpc) is 3.03. The summed E-state index contributed by atoms with van der Waals surface area (Å²) in [4.78, 5) is 0. The maximum Gasteiger partial charge on any atom is 0.188 e. The SMILES string of the molecule is C[Si](C1=CCCO1)(c1ccccc1)c1ccccc1. The third-order valence-corrected chi connectivity index (χ3v) is 8.21. The third kappa shape index (κ3) is 2.12. The Balaban J connectivity index is 2.16. The van der Waals surface area contributed by atoms with Crippen LogP contribution >= 0.6 is 0 Å². The van der Waals surface area contributed by atoms with Gasteiger partial charge in [-0.2, -0.15) is 0 Å². The van der Waals surface area contributed by atoms with Crippen LogP contribution < -0.4 is 10.4 Å². The van der Waals surface area contributed by atoms with E-state index in [0.717, 1.165) is 13.0 Å². The molecule has 2 heteroatoms. The molecule has 1 aliphatic heterocycles. The second kappa shape index (κ2) is 5.06. The molecule has 1 nitrogen and oxygen atoms in total. The predicted molar refractivity (Wildman–Crippen MR) is 82.4 cm³/mol. The van der Waals surface area contributed by atoms with Crippen molar-refractivity contribution >= 4 is 18.4 Å². The normalized spacial score (nSPS) is 14.9. The molecule has 0 atom stereocenters. The van der Waals surface area contributed by atoms with Gasteiger partial charge in [0.05, 0.1) is 12.0 Å². The molecule has 1 heterocycles. The van der Waals surface area contributed by atoms with Crippen LogP contribution in [-0.4, -0.2) is 14.7 Å². The fourth-order valence-corrected chi connectivity index (χ4v) is 6.32. The lowest BCUT2D eigenvalue weighted by Crippen LogP contribution is -2.57. The maximum absolute atomic E-state index is 5.95. The van der Waals surface area contributed by atoms with Crippen LogP contribution in [0.5, 0.6) is 0 Å². The van der Waals surface area contributed by atoms with Gasteiger partial charge < -0.3 is 4.74 Å². The summed E-state index contributed by atoms with van der Waals surface area (Å²) in [5.41, 5.74) is 0. The van der Waals surface area contributed by atoms with Gasteiger partial charge in [0.25, 0.3) is 0 Å². The number of benzene rings is 2. The Kier molecular flexibility index (Phi) is 3.26. The second-order valence-electron chi connectivity index (χ2n) is 5.06. The zero-order valence-electron chi connectivity index (χ0n) is 11.2. The quantitative estimate of drug-likeness (QED) is 0.776. The molecular weight excluding hydrogens is 248 g/mol. The van der Waals surface area contributed by atoms with Crippen molar-refractivity contribution in [2.75, 3.05) is 6.61 Å². The van der Waals surface area contributed by atoms with Crippen LogP contribution in [0.3, 0.4) is 0 Å². The van der Waals surface area contributed by atoms with Crippen molar-refractivity contribution in [2.45, 2.75) is 13.0 Å². The third-order valence-electron chi connectivity index (χ3n) is 3.90. The second-order valence-corrected chi connectivity index (χ2v) is 8.96. The standard InChI is InChI=1S/C17H18OSi/c1-19(17-13-8-14-18-17,15-9-4-2-5-10-15)16-11-6-3-7-12-16/h2-7,9-13H,8,14H2,1H3. The van der Waals surface area contributed by atoms with Gasteiger partial charge in [-0.25, -0.2) is 0 Å². The number of ether oxygens (including phenoxy) is 1. The van der Waals surface area contributed by atoms with Gasteiger partial charge >= 0.3 is 0 Å². The van der Waals surface area contributed by atoms with Crippen LogP contribution in [0.2, 0.25) is 6.55 Å². The fourth-order valence-electron chi connectivity index (χ4n) is 2.76. The summed E-state index contributed by atoms with van der Waals surface area (Å²) in [7, 11) is -1.93. The zero-order chi connectivity index (χ0) is 13.1. The lowest BCUT2D eigenvalue weighted by atomic mass is 10.4. The largest absolute Gasteiger partial charge is 0.502 e. The molecule has 0 fully saturated rings. The van der Waals surface area contributed by atoms with Gasteiger partial charge in [0.15, 0.2) is 8.07 Å². The molecule has 0 aromatic heterocycles. The molecule has 0 unspecified atom stereocenters. The van der Waals surface area contributed by atoms with Gasteiger partial charge in [-0.1, -0.05) is 67.2 Å². The van der Waals surface area contributed by atoms with Crippen LogP contribution in [0.4, 0.5) is 0 Å². The minimum Gasteiger partial charge on any atom is -0.502 e. The first-order chi connectivity index (χ1) is 9.32. The zero-order valence-corrected chi connectivity index (χ0v) is 12.2. The van der Waals surface area contributed by atoms with Gasteiger partial charge in [0.1, 0.15) is 0 Å². The van der Waals surface area contributed by atoms with E-state index in [-0.39, 0.29) is 0 Å². The smallest absolute Gasteiger partial charge is 0.188 e. The Labute approximate surface area is 115 Å². The Bertz CT molecular complexity index is 535. The lowest BCUT2D eigenvalue weighted by Gasteiger charge is -2.29. The molecular formula is C17H18OSi. The Morgan fingerprint density at radius 1 is 0.842 bits per heavy atom. The predicted octanol–water partition coefficient (Wildman–Crippen LogP) is 2.72. The molecule has 0 N–H and O–H groups in total. The van der Waals surface area contributed by atoms with E-state index in [0.29, 0.717) is 0 Å². The maximum atomic E-state index is 5.95. The van der Waals surface area contributed by atoms with Crippen molar-refractivity contribution in [3.8, 4) is 0 Å².